The molecule has 21 heavy (non-hydrogen) atoms. The Morgan fingerprint density at radius 1 is 1.24 bits per heavy atom. The van der Waals surface area contributed by atoms with E-state index >= 15 is 0 Å². The van der Waals surface area contributed by atoms with Gasteiger partial charge >= 0.3 is 11.9 Å². The van der Waals surface area contributed by atoms with Crippen LogP contribution in [0.3, 0.4) is 0 Å². The molecule has 0 amide bonds. The van der Waals surface area contributed by atoms with Gasteiger partial charge in [0.15, 0.2) is 0 Å². The Morgan fingerprint density at radius 2 is 1.86 bits per heavy atom. The first-order valence-electron chi connectivity index (χ1n) is 6.35. The van der Waals surface area contributed by atoms with Gasteiger partial charge in [-0.05, 0) is 37.6 Å². The van der Waals surface area contributed by atoms with Gasteiger partial charge in [0, 0.05) is 13.0 Å². The van der Waals surface area contributed by atoms with E-state index in [0.29, 0.717) is 0 Å². The van der Waals surface area contributed by atoms with Crippen molar-refractivity contribution in [2.75, 3.05) is 13.2 Å². The van der Waals surface area contributed by atoms with Crippen molar-refractivity contribution in [3.63, 3.8) is 0 Å². The molecule has 0 unspecified atom stereocenters. The Balaban J connectivity index is 2.67. The highest BCUT2D eigenvalue weighted by atomic mass is 32.2. The van der Waals surface area contributed by atoms with Crippen molar-refractivity contribution >= 4 is 22.0 Å². The summed E-state index contributed by atoms with van der Waals surface area (Å²) in [5.74, 6) is -1.50. The molecule has 0 bridgehead atoms. The summed E-state index contributed by atoms with van der Waals surface area (Å²) < 4.78 is 30.9. The molecule has 8 heteroatoms. The zero-order valence-corrected chi connectivity index (χ0v) is 12.4. The molecule has 2 N–H and O–H groups in total. The first-order chi connectivity index (χ1) is 9.86. The van der Waals surface area contributed by atoms with E-state index in [4.69, 9.17) is 9.84 Å². The van der Waals surface area contributed by atoms with Gasteiger partial charge in [-0.25, -0.2) is 17.9 Å². The number of benzene rings is 1. The summed E-state index contributed by atoms with van der Waals surface area (Å²) in [6.45, 7) is 1.95. The number of hydrogen-bond donors (Lipinski definition) is 2. The van der Waals surface area contributed by atoms with E-state index < -0.39 is 22.0 Å². The summed E-state index contributed by atoms with van der Waals surface area (Å²) in [5.41, 5.74) is 0.265. The van der Waals surface area contributed by atoms with E-state index in [9.17, 15) is 18.0 Å². The van der Waals surface area contributed by atoms with Gasteiger partial charge in [0.05, 0.1) is 17.1 Å². The largest absolute Gasteiger partial charge is 0.481 e. The standard InChI is InChI=1S/C13H17NO6S/c1-2-20-13(17)10-5-7-11(8-6-10)21(18,19)14-9-3-4-12(15)16/h5-8,14H,2-4,9H2,1H3,(H,15,16). The summed E-state index contributed by atoms with van der Waals surface area (Å²) in [6.07, 6.45) is 0.0970. The molecule has 0 heterocycles. The first kappa shape index (κ1) is 17.1. The summed E-state index contributed by atoms with van der Waals surface area (Å²) >= 11 is 0. The fourth-order valence-electron chi connectivity index (χ4n) is 1.51. The number of sulfonamides is 1. The van der Waals surface area contributed by atoms with Crippen molar-refractivity contribution < 1.29 is 27.9 Å². The van der Waals surface area contributed by atoms with Crippen molar-refractivity contribution in [2.24, 2.45) is 0 Å². The predicted octanol–water partition coefficient (Wildman–Crippen LogP) is 1.01. The summed E-state index contributed by atoms with van der Waals surface area (Å²) in [4.78, 5) is 21.8. The Morgan fingerprint density at radius 3 is 2.38 bits per heavy atom. The molecule has 1 rings (SSSR count). The summed E-state index contributed by atoms with van der Waals surface area (Å²) in [6, 6.07) is 5.32. The first-order valence-corrected chi connectivity index (χ1v) is 7.83. The van der Waals surface area contributed by atoms with Crippen LogP contribution >= 0.6 is 0 Å². The second-order valence-corrected chi connectivity index (χ2v) is 5.91. The van der Waals surface area contributed by atoms with Crippen LogP contribution in [0.2, 0.25) is 0 Å². The fourth-order valence-corrected chi connectivity index (χ4v) is 2.59. The molecule has 0 aliphatic rings. The van der Waals surface area contributed by atoms with Crippen molar-refractivity contribution in [1.29, 1.82) is 0 Å². The van der Waals surface area contributed by atoms with Crippen LogP contribution in [0.25, 0.3) is 0 Å². The van der Waals surface area contributed by atoms with Crippen molar-refractivity contribution in [3.05, 3.63) is 29.8 Å². The highest BCUT2D eigenvalue weighted by Gasteiger charge is 2.15. The molecule has 0 spiro atoms. The maximum atomic E-state index is 11.9. The summed E-state index contributed by atoms with van der Waals surface area (Å²) in [5, 5.41) is 8.47. The van der Waals surface area contributed by atoms with Gasteiger partial charge < -0.3 is 9.84 Å². The molecule has 0 radical (unpaired) electrons. The number of carbonyl (C=O) groups is 2. The Kier molecular flexibility index (Phi) is 6.32. The van der Waals surface area contributed by atoms with Gasteiger partial charge in [-0.3, -0.25) is 4.79 Å². The lowest BCUT2D eigenvalue weighted by atomic mass is 10.2. The van der Waals surface area contributed by atoms with Crippen LogP contribution in [0.1, 0.15) is 30.1 Å². The van der Waals surface area contributed by atoms with Gasteiger partial charge in [-0.2, -0.15) is 0 Å². The Bertz CT molecular complexity index is 594. The smallest absolute Gasteiger partial charge is 0.338 e. The van der Waals surface area contributed by atoms with E-state index in [2.05, 4.69) is 4.72 Å². The molecule has 7 nitrogen and oxygen atoms in total. The molecule has 0 saturated heterocycles. The SMILES string of the molecule is CCOC(=O)c1ccc(S(=O)(=O)NCCCC(=O)O)cc1. The molecular weight excluding hydrogens is 298 g/mol. The van der Waals surface area contributed by atoms with Crippen LogP contribution in [0, 0.1) is 0 Å². The second kappa shape index (κ2) is 7.75. The van der Waals surface area contributed by atoms with E-state index in [1.807, 2.05) is 0 Å². The lowest BCUT2D eigenvalue weighted by Gasteiger charge is -2.07. The third kappa shape index (κ3) is 5.52. The highest BCUT2D eigenvalue weighted by molar-refractivity contribution is 7.89. The number of hydrogen-bond acceptors (Lipinski definition) is 5. The molecule has 116 valence electrons. The van der Waals surface area contributed by atoms with E-state index in [1.165, 1.54) is 24.3 Å². The van der Waals surface area contributed by atoms with Gasteiger partial charge in [-0.15, -0.1) is 0 Å². The van der Waals surface area contributed by atoms with E-state index in [0.717, 1.165) is 0 Å². The molecule has 0 atom stereocenters. The lowest BCUT2D eigenvalue weighted by Crippen LogP contribution is -2.25. The van der Waals surface area contributed by atoms with Crippen LogP contribution in [-0.4, -0.2) is 38.6 Å². The van der Waals surface area contributed by atoms with Crippen molar-refractivity contribution in [1.82, 2.24) is 4.72 Å². The molecule has 0 aliphatic carbocycles. The lowest BCUT2D eigenvalue weighted by molar-refractivity contribution is -0.137. The van der Waals surface area contributed by atoms with Crippen LogP contribution in [0.4, 0.5) is 0 Å². The predicted molar refractivity (Wildman–Crippen MR) is 74.5 cm³/mol. The third-order valence-electron chi connectivity index (χ3n) is 2.54. The second-order valence-electron chi connectivity index (χ2n) is 4.14. The topological polar surface area (TPSA) is 110 Å². The monoisotopic (exact) mass is 315 g/mol. The quantitative estimate of drug-likeness (QED) is 0.547. The van der Waals surface area contributed by atoms with Crippen molar-refractivity contribution in [3.8, 4) is 0 Å². The van der Waals surface area contributed by atoms with Crippen LogP contribution in [0.15, 0.2) is 29.2 Å². The van der Waals surface area contributed by atoms with E-state index in [-0.39, 0.29) is 36.5 Å². The van der Waals surface area contributed by atoms with Crippen LogP contribution < -0.4 is 4.72 Å². The minimum atomic E-state index is -3.71. The average molecular weight is 315 g/mol. The molecule has 0 aliphatic heterocycles. The van der Waals surface area contributed by atoms with Crippen molar-refractivity contribution in [2.45, 2.75) is 24.7 Å². The average Bonchev–Trinajstić information content (AvgIpc) is 2.44. The van der Waals surface area contributed by atoms with E-state index in [1.54, 1.807) is 6.92 Å². The fraction of sp³-hybridized carbons (Fsp3) is 0.385. The molecular formula is C13H17NO6S. The normalized spacial score (nSPS) is 11.1. The number of rotatable bonds is 8. The zero-order chi connectivity index (χ0) is 15.9. The number of aliphatic carboxylic acids is 1. The number of nitrogens with one attached hydrogen (secondary N) is 1. The maximum absolute atomic E-state index is 11.9. The minimum absolute atomic E-state index is 0.00544. The molecule has 1 aromatic carbocycles. The number of ether oxygens (including phenoxy) is 1. The number of carboxylic acids is 1. The van der Waals surface area contributed by atoms with Crippen LogP contribution in [0.5, 0.6) is 0 Å². The van der Waals surface area contributed by atoms with Gasteiger partial charge in [0.25, 0.3) is 0 Å². The number of carbonyl (C=O) groups excluding carboxylic acids is 1. The number of esters is 1. The molecule has 1 aromatic rings. The molecule has 0 aromatic heterocycles. The Hall–Kier alpha value is -1.93. The van der Waals surface area contributed by atoms with Gasteiger partial charge in [0.2, 0.25) is 10.0 Å². The molecule has 0 saturated carbocycles. The van der Waals surface area contributed by atoms with Gasteiger partial charge in [0.1, 0.15) is 0 Å². The third-order valence-corrected chi connectivity index (χ3v) is 4.01. The van der Waals surface area contributed by atoms with Gasteiger partial charge in [-0.1, -0.05) is 0 Å². The molecule has 0 fully saturated rings. The maximum Gasteiger partial charge on any atom is 0.338 e. The van der Waals surface area contributed by atoms with Crippen LogP contribution in [-0.2, 0) is 19.6 Å². The Labute approximate surface area is 123 Å². The minimum Gasteiger partial charge on any atom is -0.481 e. The highest BCUT2D eigenvalue weighted by Crippen LogP contribution is 2.11. The number of carboxylic acid groups (broad SMARTS) is 1. The summed E-state index contributed by atoms with van der Waals surface area (Å²) in [7, 11) is -3.71. The zero-order valence-electron chi connectivity index (χ0n) is 11.5.